The van der Waals surface area contributed by atoms with Crippen LogP contribution in [0.1, 0.15) is 24.5 Å². The van der Waals surface area contributed by atoms with Gasteiger partial charge in [0.25, 0.3) is 0 Å². The zero-order valence-electron chi connectivity index (χ0n) is 9.35. The van der Waals surface area contributed by atoms with E-state index in [2.05, 4.69) is 24.5 Å². The maximum absolute atomic E-state index is 11.6. The van der Waals surface area contributed by atoms with E-state index in [1.54, 1.807) is 0 Å². The molecule has 0 aliphatic carbocycles. The van der Waals surface area contributed by atoms with Crippen LogP contribution in [0.5, 0.6) is 0 Å². The minimum Gasteiger partial charge on any atom is -0.372 e. The van der Waals surface area contributed by atoms with Crippen molar-refractivity contribution >= 4 is 17.3 Å². The molecule has 1 atom stereocenters. The van der Waals surface area contributed by atoms with Crippen LogP contribution in [0.3, 0.4) is 0 Å². The molecule has 2 N–H and O–H groups in total. The SMILES string of the molecule is CCC1Nc2c(ccc(C)c2C)NC1=O. The van der Waals surface area contributed by atoms with Crippen LogP contribution in [0.2, 0.25) is 0 Å². The van der Waals surface area contributed by atoms with Crippen molar-refractivity contribution in [1.29, 1.82) is 0 Å². The summed E-state index contributed by atoms with van der Waals surface area (Å²) in [6.45, 7) is 6.16. The average Bonchev–Trinajstić information content (AvgIpc) is 2.23. The molecule has 0 saturated carbocycles. The zero-order valence-corrected chi connectivity index (χ0v) is 9.35. The summed E-state index contributed by atoms with van der Waals surface area (Å²) in [6.07, 6.45) is 0.804. The molecule has 1 amide bonds. The van der Waals surface area contributed by atoms with Gasteiger partial charge in [0.1, 0.15) is 6.04 Å². The molecule has 0 bridgehead atoms. The quantitative estimate of drug-likeness (QED) is 0.737. The number of anilines is 2. The maximum Gasteiger partial charge on any atom is 0.246 e. The van der Waals surface area contributed by atoms with Crippen LogP contribution in [-0.2, 0) is 4.79 Å². The van der Waals surface area contributed by atoms with E-state index in [4.69, 9.17) is 0 Å². The molecule has 1 unspecified atom stereocenters. The number of aryl methyl sites for hydroxylation is 1. The molecule has 1 aromatic carbocycles. The van der Waals surface area contributed by atoms with Crippen molar-refractivity contribution in [3.05, 3.63) is 23.3 Å². The van der Waals surface area contributed by atoms with Crippen LogP contribution >= 0.6 is 0 Å². The Bertz CT molecular complexity index is 412. The van der Waals surface area contributed by atoms with Gasteiger partial charge in [0.15, 0.2) is 0 Å². The fraction of sp³-hybridized carbons (Fsp3) is 0.417. The molecule has 3 heteroatoms. The fourth-order valence-corrected chi connectivity index (χ4v) is 1.85. The number of benzene rings is 1. The van der Waals surface area contributed by atoms with Crippen molar-refractivity contribution in [2.75, 3.05) is 10.6 Å². The molecule has 15 heavy (non-hydrogen) atoms. The number of hydrogen-bond acceptors (Lipinski definition) is 2. The first-order chi connectivity index (χ1) is 7.13. The third-order valence-corrected chi connectivity index (χ3v) is 3.04. The molecule has 1 aromatic rings. The van der Waals surface area contributed by atoms with E-state index in [1.165, 1.54) is 11.1 Å². The van der Waals surface area contributed by atoms with Crippen LogP contribution < -0.4 is 10.6 Å². The second-order valence-corrected chi connectivity index (χ2v) is 4.02. The predicted molar refractivity (Wildman–Crippen MR) is 62.2 cm³/mol. The maximum atomic E-state index is 11.6. The lowest BCUT2D eigenvalue weighted by atomic mass is 10.0. The Labute approximate surface area is 89.9 Å². The number of fused-ring (bicyclic) bond motifs is 1. The van der Waals surface area contributed by atoms with Crippen LogP contribution in [-0.4, -0.2) is 11.9 Å². The van der Waals surface area contributed by atoms with E-state index in [0.29, 0.717) is 0 Å². The topological polar surface area (TPSA) is 41.1 Å². The van der Waals surface area contributed by atoms with Gasteiger partial charge in [-0.15, -0.1) is 0 Å². The van der Waals surface area contributed by atoms with E-state index in [1.807, 2.05) is 19.1 Å². The van der Waals surface area contributed by atoms with E-state index >= 15 is 0 Å². The lowest BCUT2D eigenvalue weighted by Gasteiger charge is -2.28. The second-order valence-electron chi connectivity index (χ2n) is 4.02. The molecule has 0 saturated heterocycles. The van der Waals surface area contributed by atoms with Crippen LogP contribution in [0.4, 0.5) is 11.4 Å². The molecule has 1 heterocycles. The first kappa shape index (κ1) is 10.0. The van der Waals surface area contributed by atoms with Gasteiger partial charge in [-0.2, -0.15) is 0 Å². The van der Waals surface area contributed by atoms with Gasteiger partial charge < -0.3 is 10.6 Å². The number of amides is 1. The van der Waals surface area contributed by atoms with Gasteiger partial charge >= 0.3 is 0 Å². The highest BCUT2D eigenvalue weighted by Gasteiger charge is 2.24. The fourth-order valence-electron chi connectivity index (χ4n) is 1.85. The molecule has 1 aliphatic heterocycles. The highest BCUT2D eigenvalue weighted by Crippen LogP contribution is 2.32. The third-order valence-electron chi connectivity index (χ3n) is 3.04. The summed E-state index contributed by atoms with van der Waals surface area (Å²) in [7, 11) is 0. The Kier molecular flexibility index (Phi) is 2.39. The molecule has 80 valence electrons. The van der Waals surface area contributed by atoms with Gasteiger partial charge in [-0.05, 0) is 37.5 Å². The molecule has 0 aromatic heterocycles. The molecule has 0 fully saturated rings. The minimum atomic E-state index is -0.0991. The first-order valence-corrected chi connectivity index (χ1v) is 5.31. The van der Waals surface area contributed by atoms with Crippen LogP contribution in [0, 0.1) is 13.8 Å². The monoisotopic (exact) mass is 204 g/mol. The Balaban J connectivity index is 2.46. The van der Waals surface area contributed by atoms with Gasteiger partial charge in [-0.25, -0.2) is 0 Å². The Morgan fingerprint density at radius 3 is 2.73 bits per heavy atom. The molecule has 1 aliphatic rings. The number of hydrogen-bond donors (Lipinski definition) is 2. The Morgan fingerprint density at radius 2 is 2.07 bits per heavy atom. The summed E-state index contributed by atoms with van der Waals surface area (Å²) in [5.41, 5.74) is 4.42. The van der Waals surface area contributed by atoms with E-state index in [-0.39, 0.29) is 11.9 Å². The number of carbonyl (C=O) groups is 1. The third kappa shape index (κ3) is 1.58. The van der Waals surface area contributed by atoms with Gasteiger partial charge in [0, 0.05) is 0 Å². The highest BCUT2D eigenvalue weighted by atomic mass is 16.2. The summed E-state index contributed by atoms with van der Waals surface area (Å²) in [5, 5.41) is 6.22. The van der Waals surface area contributed by atoms with Crippen molar-refractivity contribution in [1.82, 2.24) is 0 Å². The molecular weight excluding hydrogens is 188 g/mol. The van der Waals surface area contributed by atoms with Crippen molar-refractivity contribution in [3.8, 4) is 0 Å². The number of carbonyl (C=O) groups excluding carboxylic acids is 1. The van der Waals surface area contributed by atoms with E-state index in [0.717, 1.165) is 17.8 Å². The summed E-state index contributed by atoms with van der Waals surface area (Å²) in [4.78, 5) is 11.6. The predicted octanol–water partition coefficient (Wildman–Crippen LogP) is 2.45. The molecule has 3 nitrogen and oxygen atoms in total. The summed E-state index contributed by atoms with van der Waals surface area (Å²) in [5.74, 6) is 0.0632. The molecule has 0 spiro atoms. The highest BCUT2D eigenvalue weighted by molar-refractivity contribution is 6.03. The number of nitrogens with one attached hydrogen (secondary N) is 2. The van der Waals surface area contributed by atoms with E-state index < -0.39 is 0 Å². The summed E-state index contributed by atoms with van der Waals surface area (Å²) >= 11 is 0. The lowest BCUT2D eigenvalue weighted by Crippen LogP contribution is -2.38. The first-order valence-electron chi connectivity index (χ1n) is 5.31. The standard InChI is InChI=1S/C12H16N2O/c1-4-9-12(15)14-10-6-5-7(2)8(3)11(10)13-9/h5-6,9,13H,4H2,1-3H3,(H,14,15). The van der Waals surface area contributed by atoms with Crippen molar-refractivity contribution in [2.45, 2.75) is 33.2 Å². The van der Waals surface area contributed by atoms with Crippen LogP contribution in [0.15, 0.2) is 12.1 Å². The average molecular weight is 204 g/mol. The minimum absolute atomic E-state index is 0.0632. The van der Waals surface area contributed by atoms with E-state index in [9.17, 15) is 4.79 Å². The molecule has 0 radical (unpaired) electrons. The Hall–Kier alpha value is -1.51. The second kappa shape index (κ2) is 3.57. The van der Waals surface area contributed by atoms with Gasteiger partial charge in [-0.3, -0.25) is 4.79 Å². The van der Waals surface area contributed by atoms with Crippen molar-refractivity contribution in [3.63, 3.8) is 0 Å². The molecule has 2 rings (SSSR count). The number of rotatable bonds is 1. The van der Waals surface area contributed by atoms with Crippen molar-refractivity contribution < 1.29 is 4.79 Å². The largest absolute Gasteiger partial charge is 0.372 e. The van der Waals surface area contributed by atoms with Gasteiger partial charge in [-0.1, -0.05) is 13.0 Å². The normalized spacial score (nSPS) is 19.1. The zero-order chi connectivity index (χ0) is 11.0. The van der Waals surface area contributed by atoms with Gasteiger partial charge in [0.05, 0.1) is 11.4 Å². The lowest BCUT2D eigenvalue weighted by molar-refractivity contribution is -0.117. The van der Waals surface area contributed by atoms with Gasteiger partial charge in [0.2, 0.25) is 5.91 Å². The van der Waals surface area contributed by atoms with Crippen LogP contribution in [0.25, 0.3) is 0 Å². The summed E-state index contributed by atoms with van der Waals surface area (Å²) < 4.78 is 0. The smallest absolute Gasteiger partial charge is 0.246 e. The Morgan fingerprint density at radius 1 is 1.33 bits per heavy atom. The van der Waals surface area contributed by atoms with Crippen molar-refractivity contribution in [2.24, 2.45) is 0 Å². The molecular formula is C12H16N2O. The summed E-state index contributed by atoms with van der Waals surface area (Å²) in [6, 6.07) is 3.88.